The van der Waals surface area contributed by atoms with E-state index in [4.69, 9.17) is 4.74 Å². The number of nitrogens with zero attached hydrogens (tertiary/aromatic N) is 5. The van der Waals surface area contributed by atoms with Crippen LogP contribution in [0.25, 0.3) is 23.0 Å². The van der Waals surface area contributed by atoms with Crippen LogP contribution in [-0.4, -0.2) is 51.7 Å². The number of hydrogen-bond donors (Lipinski definition) is 0. The number of rotatable bonds is 8. The van der Waals surface area contributed by atoms with E-state index in [1.165, 1.54) is 19.2 Å². The van der Waals surface area contributed by atoms with Crippen molar-refractivity contribution in [2.24, 2.45) is 0 Å². The number of ether oxygens (including phenoxy) is 1. The fourth-order valence-electron chi connectivity index (χ4n) is 4.03. The summed E-state index contributed by atoms with van der Waals surface area (Å²) in [6, 6.07) is 17.2. The maximum atomic E-state index is 13.4. The third-order valence-electron chi connectivity index (χ3n) is 5.97. The summed E-state index contributed by atoms with van der Waals surface area (Å²) in [5, 5.41) is 25.5. The molecule has 0 spiro atoms. The second-order valence-corrected chi connectivity index (χ2v) is 8.30. The topological polar surface area (TPSA) is 131 Å². The summed E-state index contributed by atoms with van der Waals surface area (Å²) >= 11 is 0. The minimum atomic E-state index is -0.631. The minimum Gasteiger partial charge on any atom is -0.385 e. The summed E-state index contributed by atoms with van der Waals surface area (Å²) in [7, 11) is 1.53. The Labute approximate surface area is 212 Å². The van der Waals surface area contributed by atoms with Gasteiger partial charge in [-0.2, -0.15) is 10.4 Å². The quantitative estimate of drug-likeness (QED) is 0.151. The van der Waals surface area contributed by atoms with E-state index in [2.05, 4.69) is 5.10 Å². The van der Waals surface area contributed by atoms with E-state index in [0.29, 0.717) is 29.8 Å². The molecule has 10 nitrogen and oxygen atoms in total. The van der Waals surface area contributed by atoms with Crippen LogP contribution < -0.4 is 0 Å². The third-order valence-corrected chi connectivity index (χ3v) is 5.97. The molecular weight excluding hydrogens is 474 g/mol. The first-order valence-electron chi connectivity index (χ1n) is 11.4. The molecule has 37 heavy (non-hydrogen) atoms. The first-order valence-corrected chi connectivity index (χ1v) is 11.4. The number of non-ortho nitro benzene ring substituents is 1. The van der Waals surface area contributed by atoms with Crippen LogP contribution in [0.2, 0.25) is 0 Å². The molecule has 2 amide bonds. The Balaban J connectivity index is 1.86. The standard InChI is InChI=1S/C27H23N5O5/c1-18-23(26(33)30(13-6-14-37-2)27(34)24(18)16-28)15-20-17-31(21-7-4-3-5-8-21)29-25(20)19-9-11-22(12-10-19)32(35)36/h3-5,7-12,15,17H,6,13-14H2,1-2H3/b23-15+. The van der Waals surface area contributed by atoms with Crippen molar-refractivity contribution in [1.82, 2.24) is 14.7 Å². The van der Waals surface area contributed by atoms with E-state index in [9.17, 15) is 25.0 Å². The minimum absolute atomic E-state index is 0.0590. The van der Waals surface area contributed by atoms with Gasteiger partial charge in [0.1, 0.15) is 11.6 Å². The highest BCUT2D eigenvalue weighted by Gasteiger charge is 2.35. The van der Waals surface area contributed by atoms with Gasteiger partial charge in [0.15, 0.2) is 0 Å². The second kappa shape index (κ2) is 10.8. The van der Waals surface area contributed by atoms with Gasteiger partial charge in [0.2, 0.25) is 0 Å². The molecule has 0 saturated carbocycles. The van der Waals surface area contributed by atoms with Crippen molar-refractivity contribution >= 4 is 23.6 Å². The Kier molecular flexibility index (Phi) is 7.36. The molecule has 1 aliphatic rings. The summed E-state index contributed by atoms with van der Waals surface area (Å²) in [5.41, 5.74) is 2.72. The van der Waals surface area contributed by atoms with Gasteiger partial charge in [0.05, 0.1) is 16.3 Å². The zero-order valence-electron chi connectivity index (χ0n) is 20.2. The first-order chi connectivity index (χ1) is 17.8. The number of nitriles is 1. The molecular formula is C27H23N5O5. The summed E-state index contributed by atoms with van der Waals surface area (Å²) in [6.45, 7) is 2.04. The number of carbonyl (C=O) groups is 2. The van der Waals surface area contributed by atoms with Crippen molar-refractivity contribution < 1.29 is 19.2 Å². The zero-order chi connectivity index (χ0) is 26.5. The number of para-hydroxylation sites is 1. The lowest BCUT2D eigenvalue weighted by molar-refractivity contribution is -0.384. The normalized spacial score (nSPS) is 14.8. The molecule has 0 bridgehead atoms. The van der Waals surface area contributed by atoms with Crippen LogP contribution >= 0.6 is 0 Å². The van der Waals surface area contributed by atoms with Crippen molar-refractivity contribution in [3.63, 3.8) is 0 Å². The molecule has 186 valence electrons. The average molecular weight is 498 g/mol. The lowest BCUT2D eigenvalue weighted by Crippen LogP contribution is -2.43. The first kappa shape index (κ1) is 25.2. The highest BCUT2D eigenvalue weighted by molar-refractivity contribution is 6.19. The lowest BCUT2D eigenvalue weighted by Gasteiger charge is -2.27. The SMILES string of the molecule is COCCCN1C(=O)C(C#N)=C(C)/C(=C\c2cn(-c3ccccc3)nc2-c2ccc([N+](=O)[O-])cc2)C1=O. The van der Waals surface area contributed by atoms with Crippen LogP contribution in [0, 0.1) is 21.4 Å². The predicted octanol–water partition coefficient (Wildman–Crippen LogP) is 4.08. The van der Waals surface area contributed by atoms with Crippen LogP contribution in [-0.2, 0) is 14.3 Å². The molecule has 4 rings (SSSR count). The second-order valence-electron chi connectivity index (χ2n) is 8.30. The summed E-state index contributed by atoms with van der Waals surface area (Å²) in [4.78, 5) is 37.9. The summed E-state index contributed by atoms with van der Waals surface area (Å²) in [5.74, 6) is -1.14. The zero-order valence-corrected chi connectivity index (χ0v) is 20.2. The molecule has 2 aromatic carbocycles. The number of amides is 2. The Morgan fingerprint density at radius 1 is 1.11 bits per heavy atom. The van der Waals surface area contributed by atoms with Gasteiger partial charge in [-0.1, -0.05) is 18.2 Å². The largest absolute Gasteiger partial charge is 0.385 e. The van der Waals surface area contributed by atoms with Crippen molar-refractivity contribution in [1.29, 1.82) is 5.26 Å². The van der Waals surface area contributed by atoms with E-state index < -0.39 is 16.7 Å². The van der Waals surface area contributed by atoms with Gasteiger partial charge in [-0.3, -0.25) is 24.6 Å². The van der Waals surface area contributed by atoms with Gasteiger partial charge >= 0.3 is 0 Å². The van der Waals surface area contributed by atoms with Gasteiger partial charge in [0, 0.05) is 55.3 Å². The average Bonchev–Trinajstić information content (AvgIpc) is 3.33. The van der Waals surface area contributed by atoms with Gasteiger partial charge < -0.3 is 4.74 Å². The van der Waals surface area contributed by atoms with Crippen LogP contribution in [0.1, 0.15) is 18.9 Å². The van der Waals surface area contributed by atoms with Crippen LogP contribution in [0.4, 0.5) is 5.69 Å². The van der Waals surface area contributed by atoms with E-state index >= 15 is 0 Å². The van der Waals surface area contributed by atoms with Gasteiger partial charge in [-0.15, -0.1) is 0 Å². The molecule has 2 heterocycles. The van der Waals surface area contributed by atoms with Crippen molar-refractivity contribution in [3.8, 4) is 23.0 Å². The fourth-order valence-corrected chi connectivity index (χ4v) is 4.03. The summed E-state index contributed by atoms with van der Waals surface area (Å²) < 4.78 is 6.68. The van der Waals surface area contributed by atoms with Gasteiger partial charge in [-0.05, 0) is 49.3 Å². The molecule has 3 aromatic rings. The van der Waals surface area contributed by atoms with Crippen molar-refractivity contribution in [2.75, 3.05) is 20.3 Å². The number of nitro groups is 1. The Bertz CT molecular complexity index is 1460. The van der Waals surface area contributed by atoms with Crippen LogP contribution in [0.15, 0.2) is 77.5 Å². The molecule has 1 aliphatic heterocycles. The molecule has 0 unspecified atom stereocenters. The lowest BCUT2D eigenvalue weighted by atomic mass is 9.93. The summed E-state index contributed by atoms with van der Waals surface area (Å²) in [6.07, 6.45) is 3.77. The number of imide groups is 1. The number of methoxy groups -OCH3 is 1. The number of hydrogen-bond acceptors (Lipinski definition) is 7. The van der Waals surface area contributed by atoms with Gasteiger partial charge in [0.25, 0.3) is 17.5 Å². The monoisotopic (exact) mass is 497 g/mol. The van der Waals surface area contributed by atoms with Crippen LogP contribution in [0.3, 0.4) is 0 Å². The smallest absolute Gasteiger partial charge is 0.271 e. The Morgan fingerprint density at radius 2 is 1.81 bits per heavy atom. The number of benzene rings is 2. The molecule has 0 N–H and O–H groups in total. The maximum Gasteiger partial charge on any atom is 0.271 e. The molecule has 0 fully saturated rings. The Hall–Kier alpha value is -4.88. The highest BCUT2D eigenvalue weighted by atomic mass is 16.6. The Morgan fingerprint density at radius 3 is 2.43 bits per heavy atom. The number of carbonyl (C=O) groups excluding carboxylic acids is 2. The van der Waals surface area contributed by atoms with E-state index in [1.807, 2.05) is 36.4 Å². The van der Waals surface area contributed by atoms with E-state index in [1.54, 1.807) is 36.0 Å². The molecule has 0 atom stereocenters. The van der Waals surface area contributed by atoms with Crippen LogP contribution in [0.5, 0.6) is 0 Å². The molecule has 0 saturated heterocycles. The third kappa shape index (κ3) is 5.07. The molecule has 0 aliphatic carbocycles. The number of aromatic nitrogens is 2. The van der Waals surface area contributed by atoms with E-state index in [-0.39, 0.29) is 29.0 Å². The van der Waals surface area contributed by atoms with Gasteiger partial charge in [-0.25, -0.2) is 4.68 Å². The molecule has 0 radical (unpaired) electrons. The fraction of sp³-hybridized carbons (Fsp3) is 0.185. The maximum absolute atomic E-state index is 13.4. The van der Waals surface area contributed by atoms with E-state index in [0.717, 1.165) is 10.6 Å². The number of nitro benzene ring substituents is 1. The molecule has 10 heteroatoms. The highest BCUT2D eigenvalue weighted by Crippen LogP contribution is 2.31. The van der Waals surface area contributed by atoms with Crippen molar-refractivity contribution in [3.05, 3.63) is 93.2 Å². The molecule has 1 aromatic heterocycles. The predicted molar refractivity (Wildman–Crippen MR) is 135 cm³/mol. The van der Waals surface area contributed by atoms with Crippen molar-refractivity contribution in [2.45, 2.75) is 13.3 Å².